The summed E-state index contributed by atoms with van der Waals surface area (Å²) in [6.45, 7) is 2.36. The first-order valence-electron chi connectivity index (χ1n) is 7.74. The van der Waals surface area contributed by atoms with E-state index in [2.05, 4.69) is 4.72 Å². The predicted octanol–water partition coefficient (Wildman–Crippen LogP) is 4.05. The van der Waals surface area contributed by atoms with Gasteiger partial charge in [0.1, 0.15) is 0 Å². The fourth-order valence-electron chi connectivity index (χ4n) is 3.01. The standard InChI is InChI=1S/C18H20ClNO2S/c1-14-3-9-17(10-4-14)23(21,22)20-13-18(11-2-12-18)15-5-7-16(19)8-6-15/h3-10,20H,2,11-13H2,1H3. The summed E-state index contributed by atoms with van der Waals surface area (Å²) in [5, 5.41) is 0.698. The van der Waals surface area contributed by atoms with Crippen molar-refractivity contribution in [3.05, 3.63) is 64.7 Å². The normalized spacial score (nSPS) is 16.8. The van der Waals surface area contributed by atoms with Crippen molar-refractivity contribution in [3.63, 3.8) is 0 Å². The van der Waals surface area contributed by atoms with Gasteiger partial charge in [0.2, 0.25) is 10.0 Å². The van der Waals surface area contributed by atoms with Crippen LogP contribution in [0.4, 0.5) is 0 Å². The fraction of sp³-hybridized carbons (Fsp3) is 0.333. The van der Waals surface area contributed by atoms with E-state index in [0.29, 0.717) is 16.5 Å². The van der Waals surface area contributed by atoms with Crippen LogP contribution in [0, 0.1) is 6.92 Å². The minimum absolute atomic E-state index is 0.109. The van der Waals surface area contributed by atoms with Gasteiger partial charge in [0, 0.05) is 17.0 Å². The summed E-state index contributed by atoms with van der Waals surface area (Å²) in [6.07, 6.45) is 3.10. The van der Waals surface area contributed by atoms with E-state index < -0.39 is 10.0 Å². The number of sulfonamides is 1. The monoisotopic (exact) mass is 349 g/mol. The second-order valence-corrected chi connectivity index (χ2v) is 8.48. The lowest BCUT2D eigenvalue weighted by molar-refractivity contribution is 0.245. The van der Waals surface area contributed by atoms with Crippen LogP contribution in [0.3, 0.4) is 0 Å². The Kier molecular flexibility index (Phi) is 4.50. The highest BCUT2D eigenvalue weighted by molar-refractivity contribution is 7.89. The topological polar surface area (TPSA) is 46.2 Å². The molecule has 0 atom stereocenters. The molecule has 5 heteroatoms. The Bertz CT molecular complexity index is 779. The van der Waals surface area contributed by atoms with Gasteiger partial charge in [-0.1, -0.05) is 47.9 Å². The van der Waals surface area contributed by atoms with Crippen LogP contribution >= 0.6 is 11.6 Å². The van der Waals surface area contributed by atoms with Crippen molar-refractivity contribution in [3.8, 4) is 0 Å². The molecule has 2 aromatic rings. The average Bonchev–Trinajstić information content (AvgIpc) is 2.48. The Balaban J connectivity index is 1.77. The van der Waals surface area contributed by atoms with Crippen LogP contribution in [0.2, 0.25) is 5.02 Å². The number of rotatable bonds is 5. The van der Waals surface area contributed by atoms with E-state index >= 15 is 0 Å². The van der Waals surface area contributed by atoms with Gasteiger partial charge in [-0.25, -0.2) is 13.1 Å². The van der Waals surface area contributed by atoms with E-state index in [9.17, 15) is 8.42 Å². The molecule has 23 heavy (non-hydrogen) atoms. The average molecular weight is 350 g/mol. The Morgan fingerprint density at radius 1 is 1.04 bits per heavy atom. The number of benzene rings is 2. The van der Waals surface area contributed by atoms with Crippen molar-refractivity contribution < 1.29 is 8.42 Å². The zero-order valence-electron chi connectivity index (χ0n) is 13.0. The molecule has 1 aliphatic carbocycles. The number of nitrogens with one attached hydrogen (secondary N) is 1. The molecule has 0 bridgehead atoms. The van der Waals surface area contributed by atoms with Crippen molar-refractivity contribution in [1.29, 1.82) is 0 Å². The van der Waals surface area contributed by atoms with Crippen LogP contribution in [0.5, 0.6) is 0 Å². The summed E-state index contributed by atoms with van der Waals surface area (Å²) in [5.74, 6) is 0. The summed E-state index contributed by atoms with van der Waals surface area (Å²) in [6, 6.07) is 14.7. The highest BCUT2D eigenvalue weighted by Gasteiger charge is 2.39. The lowest BCUT2D eigenvalue weighted by Crippen LogP contribution is -2.45. The van der Waals surface area contributed by atoms with E-state index in [4.69, 9.17) is 11.6 Å². The first-order chi connectivity index (χ1) is 10.9. The Morgan fingerprint density at radius 3 is 2.17 bits per heavy atom. The second kappa shape index (κ2) is 6.27. The molecule has 0 amide bonds. The smallest absolute Gasteiger partial charge is 0.210 e. The SMILES string of the molecule is Cc1ccc(S(=O)(=O)NCC2(c3ccc(Cl)cc3)CCC2)cc1. The molecule has 1 N–H and O–H groups in total. The van der Waals surface area contributed by atoms with Gasteiger partial charge in [0.05, 0.1) is 4.90 Å². The van der Waals surface area contributed by atoms with E-state index in [1.165, 1.54) is 0 Å². The molecule has 0 spiro atoms. The molecule has 1 fully saturated rings. The number of hydrogen-bond acceptors (Lipinski definition) is 2. The highest BCUT2D eigenvalue weighted by atomic mass is 35.5. The van der Waals surface area contributed by atoms with Crippen LogP contribution in [0.25, 0.3) is 0 Å². The lowest BCUT2D eigenvalue weighted by Gasteiger charge is -2.42. The molecule has 0 radical (unpaired) electrons. The van der Waals surface area contributed by atoms with Crippen molar-refractivity contribution in [2.24, 2.45) is 0 Å². The molecular weight excluding hydrogens is 330 g/mol. The minimum Gasteiger partial charge on any atom is -0.210 e. The quantitative estimate of drug-likeness (QED) is 0.885. The van der Waals surface area contributed by atoms with Crippen molar-refractivity contribution >= 4 is 21.6 Å². The molecule has 0 unspecified atom stereocenters. The molecule has 0 aromatic heterocycles. The van der Waals surface area contributed by atoms with Crippen LogP contribution in [0.15, 0.2) is 53.4 Å². The maximum Gasteiger partial charge on any atom is 0.240 e. The molecule has 0 aliphatic heterocycles. The summed E-state index contributed by atoms with van der Waals surface area (Å²) in [4.78, 5) is 0.314. The first-order valence-corrected chi connectivity index (χ1v) is 9.60. The minimum atomic E-state index is -3.48. The maximum atomic E-state index is 12.5. The van der Waals surface area contributed by atoms with Gasteiger partial charge in [-0.15, -0.1) is 0 Å². The van der Waals surface area contributed by atoms with Gasteiger partial charge in [-0.3, -0.25) is 0 Å². The van der Waals surface area contributed by atoms with Gasteiger partial charge in [0.25, 0.3) is 0 Å². The highest BCUT2D eigenvalue weighted by Crippen LogP contribution is 2.43. The lowest BCUT2D eigenvalue weighted by atomic mass is 9.64. The third-order valence-corrected chi connectivity index (χ3v) is 6.37. The van der Waals surface area contributed by atoms with Gasteiger partial charge in [-0.05, 0) is 49.6 Å². The van der Waals surface area contributed by atoms with Crippen molar-refractivity contribution in [1.82, 2.24) is 4.72 Å². The predicted molar refractivity (Wildman–Crippen MR) is 93.3 cm³/mol. The molecule has 122 valence electrons. The fourth-order valence-corrected chi connectivity index (χ4v) is 4.26. The molecule has 1 saturated carbocycles. The Morgan fingerprint density at radius 2 is 1.65 bits per heavy atom. The Labute approximate surface area is 142 Å². The zero-order chi connectivity index (χ0) is 16.5. The molecule has 3 nitrogen and oxygen atoms in total. The molecule has 2 aromatic carbocycles. The zero-order valence-corrected chi connectivity index (χ0v) is 14.6. The summed E-state index contributed by atoms with van der Waals surface area (Å²) in [5.41, 5.74) is 2.09. The van der Waals surface area contributed by atoms with E-state index in [0.717, 1.165) is 30.4 Å². The van der Waals surface area contributed by atoms with E-state index in [1.807, 2.05) is 43.3 Å². The third-order valence-electron chi connectivity index (χ3n) is 4.70. The Hall–Kier alpha value is -1.36. The van der Waals surface area contributed by atoms with Crippen LogP contribution < -0.4 is 4.72 Å². The summed E-state index contributed by atoms with van der Waals surface area (Å²) in [7, 11) is -3.48. The second-order valence-electron chi connectivity index (χ2n) is 6.28. The molecular formula is C18H20ClNO2S. The number of aryl methyl sites for hydroxylation is 1. The van der Waals surface area contributed by atoms with Crippen molar-refractivity contribution in [2.45, 2.75) is 36.5 Å². The van der Waals surface area contributed by atoms with E-state index in [1.54, 1.807) is 12.1 Å². The van der Waals surface area contributed by atoms with Crippen LogP contribution in [-0.2, 0) is 15.4 Å². The first kappa shape index (κ1) is 16.5. The van der Waals surface area contributed by atoms with Gasteiger partial charge in [0.15, 0.2) is 0 Å². The van der Waals surface area contributed by atoms with Crippen LogP contribution in [0.1, 0.15) is 30.4 Å². The number of halogens is 1. The molecule has 0 heterocycles. The summed E-state index contributed by atoms with van der Waals surface area (Å²) < 4.78 is 27.8. The molecule has 3 rings (SSSR count). The van der Waals surface area contributed by atoms with Crippen molar-refractivity contribution in [2.75, 3.05) is 6.54 Å². The van der Waals surface area contributed by atoms with Gasteiger partial charge in [-0.2, -0.15) is 0 Å². The number of hydrogen-bond donors (Lipinski definition) is 1. The van der Waals surface area contributed by atoms with E-state index in [-0.39, 0.29) is 5.41 Å². The van der Waals surface area contributed by atoms with Crippen LogP contribution in [-0.4, -0.2) is 15.0 Å². The molecule has 0 saturated heterocycles. The molecule has 1 aliphatic rings. The van der Waals surface area contributed by atoms with Gasteiger partial charge < -0.3 is 0 Å². The maximum absolute atomic E-state index is 12.5. The summed E-state index contributed by atoms with van der Waals surface area (Å²) >= 11 is 5.95. The largest absolute Gasteiger partial charge is 0.240 e. The third kappa shape index (κ3) is 3.44. The van der Waals surface area contributed by atoms with Gasteiger partial charge >= 0.3 is 0 Å².